The lowest BCUT2D eigenvalue weighted by molar-refractivity contribution is -0.0860. The van der Waals surface area contributed by atoms with Crippen LogP contribution in [0.5, 0.6) is 0 Å². The molecule has 1 saturated heterocycles. The smallest absolute Gasteiger partial charge is 0.374 e. The van der Waals surface area contributed by atoms with Gasteiger partial charge >= 0.3 is 5.97 Å². The number of amides is 1. The molecule has 2 N–H and O–H groups in total. The molecule has 2 rings (SSSR count). The normalized spacial score (nSPS) is 23.4. The molecule has 0 aliphatic carbocycles. The standard InChI is InChI=1S/C11H14N2O6/c1-6-3-13(4-7(5-14)18-6)10(15)8-2-9(11(16)17)19-12-8/h2,6-7,14H,3-5H2,1H3,(H,16,17). The summed E-state index contributed by atoms with van der Waals surface area (Å²) < 4.78 is 9.95. The second-order valence-electron chi connectivity index (χ2n) is 4.34. The number of carbonyl (C=O) groups excluding carboxylic acids is 1. The highest BCUT2D eigenvalue weighted by Gasteiger charge is 2.30. The van der Waals surface area contributed by atoms with Gasteiger partial charge in [-0.15, -0.1) is 0 Å². The fraction of sp³-hybridized carbons (Fsp3) is 0.545. The molecular weight excluding hydrogens is 256 g/mol. The van der Waals surface area contributed by atoms with E-state index in [1.54, 1.807) is 6.92 Å². The minimum atomic E-state index is -1.28. The lowest BCUT2D eigenvalue weighted by Crippen LogP contribution is -2.50. The highest BCUT2D eigenvalue weighted by atomic mass is 16.5. The molecule has 1 aliphatic rings. The Morgan fingerprint density at radius 2 is 2.26 bits per heavy atom. The first-order valence-electron chi connectivity index (χ1n) is 5.77. The van der Waals surface area contributed by atoms with Crippen molar-refractivity contribution in [3.8, 4) is 0 Å². The third kappa shape index (κ3) is 2.91. The van der Waals surface area contributed by atoms with E-state index in [2.05, 4.69) is 9.68 Å². The van der Waals surface area contributed by atoms with E-state index in [1.807, 2.05) is 0 Å². The van der Waals surface area contributed by atoms with E-state index in [4.69, 9.17) is 14.9 Å². The summed E-state index contributed by atoms with van der Waals surface area (Å²) >= 11 is 0. The quantitative estimate of drug-likeness (QED) is 0.767. The number of nitrogens with zero attached hydrogens (tertiary/aromatic N) is 2. The number of aliphatic hydroxyl groups is 1. The number of carboxylic acid groups (broad SMARTS) is 1. The summed E-state index contributed by atoms with van der Waals surface area (Å²) in [6.45, 7) is 2.18. The zero-order chi connectivity index (χ0) is 14.0. The van der Waals surface area contributed by atoms with Crippen LogP contribution in [0.15, 0.2) is 10.6 Å². The zero-order valence-corrected chi connectivity index (χ0v) is 10.3. The summed E-state index contributed by atoms with van der Waals surface area (Å²) in [5.41, 5.74) is -0.0665. The molecule has 8 heteroatoms. The molecule has 104 valence electrons. The van der Waals surface area contributed by atoms with Gasteiger partial charge in [0.1, 0.15) is 0 Å². The number of carbonyl (C=O) groups is 2. The van der Waals surface area contributed by atoms with Gasteiger partial charge in [-0.3, -0.25) is 4.79 Å². The Kier molecular flexibility index (Phi) is 3.82. The highest BCUT2D eigenvalue weighted by Crippen LogP contribution is 2.14. The summed E-state index contributed by atoms with van der Waals surface area (Å²) in [6, 6.07) is 1.08. The SMILES string of the molecule is CC1CN(C(=O)c2cc(C(=O)O)on2)CC(CO)O1. The average molecular weight is 270 g/mol. The van der Waals surface area contributed by atoms with Crippen LogP contribution in [0.3, 0.4) is 0 Å². The monoisotopic (exact) mass is 270 g/mol. The van der Waals surface area contributed by atoms with E-state index >= 15 is 0 Å². The van der Waals surface area contributed by atoms with Crippen LogP contribution in [-0.4, -0.2) is 64.1 Å². The number of hydrogen-bond acceptors (Lipinski definition) is 6. The van der Waals surface area contributed by atoms with E-state index in [-0.39, 0.29) is 30.7 Å². The first kappa shape index (κ1) is 13.5. The third-order valence-corrected chi connectivity index (χ3v) is 2.76. The Morgan fingerprint density at radius 1 is 1.53 bits per heavy atom. The number of morpholine rings is 1. The number of carboxylic acids is 1. The van der Waals surface area contributed by atoms with Gasteiger partial charge in [0.15, 0.2) is 5.69 Å². The van der Waals surface area contributed by atoms with Crippen LogP contribution in [0, 0.1) is 0 Å². The molecule has 2 atom stereocenters. The molecular formula is C11H14N2O6. The number of ether oxygens (including phenoxy) is 1. The molecule has 1 fully saturated rings. The largest absolute Gasteiger partial charge is 0.475 e. The molecule has 8 nitrogen and oxygen atoms in total. The van der Waals surface area contributed by atoms with E-state index in [1.165, 1.54) is 4.90 Å². The van der Waals surface area contributed by atoms with Crippen LogP contribution < -0.4 is 0 Å². The van der Waals surface area contributed by atoms with E-state index in [0.717, 1.165) is 6.07 Å². The summed E-state index contributed by atoms with van der Waals surface area (Å²) in [4.78, 5) is 24.2. The number of aromatic carboxylic acids is 1. The maximum atomic E-state index is 12.1. The van der Waals surface area contributed by atoms with Gasteiger partial charge in [-0.2, -0.15) is 0 Å². The molecule has 1 amide bonds. The Hall–Kier alpha value is -1.93. The maximum absolute atomic E-state index is 12.1. The number of aromatic nitrogens is 1. The van der Waals surface area contributed by atoms with Crippen molar-refractivity contribution in [1.29, 1.82) is 0 Å². The molecule has 0 aromatic carbocycles. The minimum Gasteiger partial charge on any atom is -0.475 e. The highest BCUT2D eigenvalue weighted by molar-refractivity contribution is 5.94. The lowest BCUT2D eigenvalue weighted by Gasteiger charge is -2.35. The second-order valence-corrected chi connectivity index (χ2v) is 4.34. The number of rotatable bonds is 3. The Balaban J connectivity index is 2.11. The van der Waals surface area contributed by atoms with Crippen LogP contribution >= 0.6 is 0 Å². The van der Waals surface area contributed by atoms with Gasteiger partial charge in [0.2, 0.25) is 5.76 Å². The number of aliphatic hydroxyl groups excluding tert-OH is 1. The van der Waals surface area contributed by atoms with Crippen molar-refractivity contribution in [2.24, 2.45) is 0 Å². The molecule has 1 aromatic rings. The van der Waals surface area contributed by atoms with Crippen molar-refractivity contribution in [1.82, 2.24) is 10.1 Å². The van der Waals surface area contributed by atoms with E-state index in [0.29, 0.717) is 6.54 Å². The van der Waals surface area contributed by atoms with Gasteiger partial charge < -0.3 is 24.4 Å². The van der Waals surface area contributed by atoms with Crippen molar-refractivity contribution in [2.45, 2.75) is 19.1 Å². The Bertz CT molecular complexity index is 485. The first-order valence-corrected chi connectivity index (χ1v) is 5.77. The molecule has 0 radical (unpaired) electrons. The predicted octanol–water partition coefficient (Wildman–Crippen LogP) is -0.405. The van der Waals surface area contributed by atoms with Crippen molar-refractivity contribution < 1.29 is 29.1 Å². The third-order valence-electron chi connectivity index (χ3n) is 2.76. The minimum absolute atomic E-state index is 0.0665. The molecule has 1 aromatic heterocycles. The van der Waals surface area contributed by atoms with Crippen LogP contribution in [0.2, 0.25) is 0 Å². The molecule has 0 spiro atoms. The van der Waals surface area contributed by atoms with Crippen molar-refractivity contribution in [3.63, 3.8) is 0 Å². The van der Waals surface area contributed by atoms with Crippen LogP contribution in [0.1, 0.15) is 28.0 Å². The number of hydrogen-bond donors (Lipinski definition) is 2. The molecule has 0 bridgehead atoms. The van der Waals surface area contributed by atoms with Gasteiger partial charge in [0.25, 0.3) is 5.91 Å². The van der Waals surface area contributed by atoms with Gasteiger partial charge in [0.05, 0.1) is 18.8 Å². The van der Waals surface area contributed by atoms with Crippen molar-refractivity contribution >= 4 is 11.9 Å². The van der Waals surface area contributed by atoms with Crippen molar-refractivity contribution in [2.75, 3.05) is 19.7 Å². The van der Waals surface area contributed by atoms with E-state index < -0.39 is 18.0 Å². The summed E-state index contributed by atoms with van der Waals surface area (Å²) in [7, 11) is 0. The Labute approximate surface area is 108 Å². The zero-order valence-electron chi connectivity index (χ0n) is 10.3. The van der Waals surface area contributed by atoms with E-state index in [9.17, 15) is 9.59 Å². The average Bonchev–Trinajstić information content (AvgIpc) is 2.86. The molecule has 19 heavy (non-hydrogen) atoms. The molecule has 2 heterocycles. The topological polar surface area (TPSA) is 113 Å². The van der Waals surface area contributed by atoms with Gasteiger partial charge in [-0.1, -0.05) is 5.16 Å². The summed E-state index contributed by atoms with van der Waals surface area (Å²) in [5.74, 6) is -2.11. The predicted molar refractivity (Wildman–Crippen MR) is 60.8 cm³/mol. The summed E-state index contributed by atoms with van der Waals surface area (Å²) in [6.07, 6.45) is -0.653. The summed E-state index contributed by atoms with van der Waals surface area (Å²) in [5, 5.41) is 21.2. The van der Waals surface area contributed by atoms with Gasteiger partial charge in [0, 0.05) is 19.2 Å². The fourth-order valence-corrected chi connectivity index (χ4v) is 1.95. The van der Waals surface area contributed by atoms with Gasteiger partial charge in [-0.05, 0) is 6.92 Å². The van der Waals surface area contributed by atoms with Gasteiger partial charge in [-0.25, -0.2) is 4.79 Å². The second kappa shape index (κ2) is 5.37. The molecule has 2 unspecified atom stereocenters. The van der Waals surface area contributed by atoms with Crippen molar-refractivity contribution in [3.05, 3.63) is 17.5 Å². The maximum Gasteiger partial charge on any atom is 0.374 e. The van der Waals surface area contributed by atoms with Crippen LogP contribution in [0.4, 0.5) is 0 Å². The van der Waals surface area contributed by atoms with Crippen LogP contribution in [0.25, 0.3) is 0 Å². The molecule has 0 saturated carbocycles. The van der Waals surface area contributed by atoms with Crippen LogP contribution in [-0.2, 0) is 4.74 Å². The molecule has 1 aliphatic heterocycles. The Morgan fingerprint density at radius 3 is 2.84 bits per heavy atom. The fourth-order valence-electron chi connectivity index (χ4n) is 1.95. The lowest BCUT2D eigenvalue weighted by atomic mass is 10.2. The first-order chi connectivity index (χ1) is 9.01.